The van der Waals surface area contributed by atoms with Gasteiger partial charge in [0.2, 0.25) is 0 Å². The second-order valence-corrected chi connectivity index (χ2v) is 8.37. The molecule has 0 radical (unpaired) electrons. The fourth-order valence-corrected chi connectivity index (χ4v) is 3.93. The van der Waals surface area contributed by atoms with Crippen molar-refractivity contribution in [1.29, 1.82) is 0 Å². The van der Waals surface area contributed by atoms with Gasteiger partial charge in [0.1, 0.15) is 11.9 Å². The van der Waals surface area contributed by atoms with Gasteiger partial charge < -0.3 is 25.2 Å². The maximum atomic E-state index is 13.1. The first-order valence-electron chi connectivity index (χ1n) is 11.2. The molecule has 0 fully saturated rings. The van der Waals surface area contributed by atoms with E-state index in [1.165, 1.54) is 12.1 Å². The van der Waals surface area contributed by atoms with E-state index in [0.717, 1.165) is 16.8 Å². The van der Waals surface area contributed by atoms with E-state index in [2.05, 4.69) is 20.3 Å². The van der Waals surface area contributed by atoms with E-state index in [1.807, 2.05) is 13.0 Å². The number of fused-ring (bicyclic) bond motifs is 2. The number of hydrogen-bond donors (Lipinski definition) is 5. The van der Waals surface area contributed by atoms with Crippen LogP contribution in [0.25, 0.3) is 22.6 Å². The summed E-state index contributed by atoms with van der Waals surface area (Å²) in [6.45, 7) is 1.96. The molecule has 2 aliphatic rings. The topological polar surface area (TPSA) is 153 Å². The first-order valence-corrected chi connectivity index (χ1v) is 11.2. The third kappa shape index (κ3) is 5.37. The van der Waals surface area contributed by atoms with Crippen molar-refractivity contribution in [2.24, 2.45) is 0 Å². The van der Waals surface area contributed by atoms with Gasteiger partial charge in [-0.1, -0.05) is 12.1 Å². The van der Waals surface area contributed by atoms with Crippen molar-refractivity contribution in [3.63, 3.8) is 0 Å². The van der Waals surface area contributed by atoms with Crippen LogP contribution in [0.4, 0.5) is 10.1 Å². The lowest BCUT2D eigenvalue weighted by molar-refractivity contribution is -0.0191. The number of benzene rings is 2. The molecule has 2 aliphatic heterocycles. The van der Waals surface area contributed by atoms with Crippen molar-refractivity contribution in [3.05, 3.63) is 74.2 Å². The number of hydrogen-bond acceptors (Lipinski definition) is 8. The van der Waals surface area contributed by atoms with Crippen LogP contribution in [0.1, 0.15) is 17.5 Å². The largest absolute Gasteiger partial charge is 0.394 e. The summed E-state index contributed by atoms with van der Waals surface area (Å²) < 4.78 is 14.7. The Balaban J connectivity index is 1.72. The number of aromatic nitrogens is 4. The van der Waals surface area contributed by atoms with E-state index < -0.39 is 30.1 Å². The van der Waals surface area contributed by atoms with Crippen LogP contribution in [0.5, 0.6) is 0 Å². The van der Waals surface area contributed by atoms with Crippen LogP contribution in [0.15, 0.2) is 46.0 Å². The van der Waals surface area contributed by atoms with Gasteiger partial charge in [-0.05, 0) is 55.2 Å². The number of aromatic amines is 1. The minimum absolute atomic E-state index is 0.0225. The van der Waals surface area contributed by atoms with Gasteiger partial charge in [-0.3, -0.25) is 9.78 Å². The highest BCUT2D eigenvalue weighted by atomic mass is 19.1. The van der Waals surface area contributed by atoms with Gasteiger partial charge in [0.15, 0.2) is 11.5 Å². The standard InChI is InChI=1S/C24H26FN5O5/c1-13-10-17-18(11-16(13)26-8-6-14-2-4-15(25)5-3-14)30(9-7-19(32)20(33)12-31)22-21(27-17)23(34)29-24(35)28-22/h2-5,10-11,19-20,26,31-33H,6-9,12H2,1H3,(H,29,34,35)/t19-,20+/m0/s1. The highest BCUT2D eigenvalue weighted by molar-refractivity contribution is 5.84. The number of nitrogens with one attached hydrogen (secondary N) is 2. The molecule has 0 amide bonds. The fourth-order valence-electron chi connectivity index (χ4n) is 3.93. The summed E-state index contributed by atoms with van der Waals surface area (Å²) in [6.07, 6.45) is -1.86. The number of aryl methyl sites for hydroxylation is 2. The predicted molar refractivity (Wildman–Crippen MR) is 128 cm³/mol. The minimum atomic E-state index is -1.33. The van der Waals surface area contributed by atoms with Gasteiger partial charge in [-0.2, -0.15) is 4.98 Å². The number of rotatable bonds is 9. The van der Waals surface area contributed by atoms with Gasteiger partial charge in [-0.25, -0.2) is 14.2 Å². The summed E-state index contributed by atoms with van der Waals surface area (Å²) >= 11 is 0. The van der Waals surface area contributed by atoms with E-state index in [-0.39, 0.29) is 30.3 Å². The van der Waals surface area contributed by atoms with Crippen molar-refractivity contribution < 1.29 is 19.7 Å². The van der Waals surface area contributed by atoms with E-state index >= 15 is 0 Å². The first kappa shape index (κ1) is 24.5. The number of aliphatic hydroxyl groups is 3. The average Bonchev–Trinajstić information content (AvgIpc) is 2.83. The molecular weight excluding hydrogens is 457 g/mol. The molecule has 2 atom stereocenters. The number of H-pyrrole nitrogens is 1. The summed E-state index contributed by atoms with van der Waals surface area (Å²) in [6, 6.07) is 9.90. The number of nitrogens with zero attached hydrogens (tertiary/aromatic N) is 3. The van der Waals surface area contributed by atoms with Crippen LogP contribution in [-0.4, -0.2) is 60.2 Å². The molecule has 184 valence electrons. The van der Waals surface area contributed by atoms with Gasteiger partial charge >= 0.3 is 5.69 Å². The van der Waals surface area contributed by atoms with E-state index in [9.17, 15) is 24.2 Å². The molecule has 0 saturated carbocycles. The average molecular weight is 484 g/mol. The molecule has 0 unspecified atom stereocenters. The van der Waals surface area contributed by atoms with Crippen molar-refractivity contribution in [1.82, 2.24) is 19.5 Å². The maximum absolute atomic E-state index is 13.1. The number of halogens is 1. The molecule has 2 aromatic rings. The smallest absolute Gasteiger partial charge is 0.349 e. The summed E-state index contributed by atoms with van der Waals surface area (Å²) in [7, 11) is 0. The second kappa shape index (κ2) is 10.3. The van der Waals surface area contributed by atoms with Crippen molar-refractivity contribution >= 4 is 16.7 Å². The Kier molecular flexibility index (Phi) is 7.20. The lowest BCUT2D eigenvalue weighted by atomic mass is 10.1. The quantitative estimate of drug-likeness (QED) is 0.219. The first-order chi connectivity index (χ1) is 16.8. The van der Waals surface area contributed by atoms with Crippen LogP contribution < -0.4 is 16.6 Å². The summed E-state index contributed by atoms with van der Waals surface area (Å²) in [5.41, 5.74) is 2.17. The van der Waals surface area contributed by atoms with Crippen LogP contribution >= 0.6 is 0 Å². The molecule has 11 heteroatoms. The predicted octanol–water partition coefficient (Wildman–Crippen LogP) is 0.791. The molecule has 35 heavy (non-hydrogen) atoms. The molecule has 4 rings (SSSR count). The molecule has 5 N–H and O–H groups in total. The Morgan fingerprint density at radius 2 is 1.86 bits per heavy atom. The molecule has 2 heterocycles. The molecule has 0 aromatic heterocycles. The van der Waals surface area contributed by atoms with Gasteiger partial charge in [0.05, 0.1) is 23.7 Å². The Hall–Kier alpha value is -3.67. The summed E-state index contributed by atoms with van der Waals surface area (Å²) in [4.78, 5) is 34.8. The SMILES string of the molecule is Cc1cc2nc3c(=O)[nH]c(=O)nc-3n(CC[C@H](O)[C@H](O)CO)c2cc1NCCc1ccc(F)cc1. The van der Waals surface area contributed by atoms with Crippen molar-refractivity contribution in [2.75, 3.05) is 18.5 Å². The minimum Gasteiger partial charge on any atom is -0.394 e. The highest BCUT2D eigenvalue weighted by Gasteiger charge is 2.22. The zero-order valence-electron chi connectivity index (χ0n) is 19.0. The highest BCUT2D eigenvalue weighted by Crippen LogP contribution is 2.27. The van der Waals surface area contributed by atoms with Crippen LogP contribution in [0.2, 0.25) is 0 Å². The zero-order valence-corrected chi connectivity index (χ0v) is 19.0. The maximum Gasteiger partial charge on any atom is 0.349 e. The summed E-state index contributed by atoms with van der Waals surface area (Å²) in [5, 5.41) is 32.3. The molecule has 10 nitrogen and oxygen atoms in total. The fraction of sp³-hybridized carbons (Fsp3) is 0.333. The third-order valence-electron chi connectivity index (χ3n) is 5.88. The van der Waals surface area contributed by atoms with Gasteiger partial charge in [0.25, 0.3) is 5.56 Å². The zero-order chi connectivity index (χ0) is 25.1. The van der Waals surface area contributed by atoms with Crippen LogP contribution in [0.3, 0.4) is 0 Å². The second-order valence-electron chi connectivity index (χ2n) is 8.37. The molecule has 0 spiro atoms. The molecule has 0 bridgehead atoms. The van der Waals surface area contributed by atoms with Crippen LogP contribution in [0, 0.1) is 12.7 Å². The number of aliphatic hydroxyl groups excluding tert-OH is 3. The number of anilines is 1. The monoisotopic (exact) mass is 483 g/mol. The molecule has 0 saturated heterocycles. The van der Waals surface area contributed by atoms with Gasteiger partial charge in [0, 0.05) is 18.8 Å². The van der Waals surface area contributed by atoms with Crippen LogP contribution in [-0.2, 0) is 13.0 Å². The summed E-state index contributed by atoms with van der Waals surface area (Å²) in [5.74, 6) is -0.236. The van der Waals surface area contributed by atoms with E-state index in [4.69, 9.17) is 5.11 Å². The Labute approximate surface area is 199 Å². The molecular formula is C24H26FN5O5. The lowest BCUT2D eigenvalue weighted by Gasteiger charge is -2.21. The Morgan fingerprint density at radius 1 is 1.11 bits per heavy atom. The normalized spacial score (nSPS) is 13.3. The Morgan fingerprint density at radius 3 is 2.57 bits per heavy atom. The van der Waals surface area contributed by atoms with Crippen molar-refractivity contribution in [2.45, 2.75) is 38.5 Å². The lowest BCUT2D eigenvalue weighted by Crippen LogP contribution is -2.32. The Bertz CT molecular complexity index is 1420. The van der Waals surface area contributed by atoms with E-state index in [0.29, 0.717) is 24.0 Å². The molecule has 2 aromatic carbocycles. The third-order valence-corrected chi connectivity index (χ3v) is 5.88. The van der Waals surface area contributed by atoms with Crippen molar-refractivity contribution in [3.8, 4) is 11.5 Å². The molecule has 0 aliphatic carbocycles. The van der Waals surface area contributed by atoms with Gasteiger partial charge in [-0.15, -0.1) is 0 Å². The van der Waals surface area contributed by atoms with E-state index in [1.54, 1.807) is 22.8 Å².